The van der Waals surface area contributed by atoms with Gasteiger partial charge in [0.1, 0.15) is 0 Å². The molecule has 4 heteroatoms. The van der Waals surface area contributed by atoms with Crippen LogP contribution in [-0.4, -0.2) is 16.2 Å². The van der Waals surface area contributed by atoms with E-state index >= 15 is 0 Å². The van der Waals surface area contributed by atoms with E-state index in [4.69, 9.17) is 4.74 Å². The lowest BCUT2D eigenvalue weighted by Crippen LogP contribution is -2.25. The van der Waals surface area contributed by atoms with Gasteiger partial charge in [0.05, 0.1) is 0 Å². The molecule has 0 amide bonds. The molecule has 1 aliphatic rings. The molecule has 1 aromatic carbocycles. The molecule has 0 spiro atoms. The minimum absolute atomic E-state index is 0.436. The first kappa shape index (κ1) is 13.5. The van der Waals surface area contributed by atoms with Gasteiger partial charge in [-0.1, -0.05) is 38.1 Å². The molecular formula is C15H18O4. The highest BCUT2D eigenvalue weighted by Gasteiger charge is 2.46. The summed E-state index contributed by atoms with van der Waals surface area (Å²) < 4.78 is 5.07. The predicted octanol–water partition coefficient (Wildman–Crippen LogP) is 2.98. The molecule has 0 radical (unpaired) electrons. The first-order chi connectivity index (χ1) is 8.84. The van der Waals surface area contributed by atoms with Gasteiger partial charge >= 0.3 is 5.97 Å². The summed E-state index contributed by atoms with van der Waals surface area (Å²) in [7, 11) is 0. The third kappa shape index (κ3) is 2.30. The number of cyclic esters (lactones) is 1. The molecule has 0 fully saturated rings. The van der Waals surface area contributed by atoms with Gasteiger partial charge in [0.15, 0.2) is 11.4 Å². The van der Waals surface area contributed by atoms with Crippen LogP contribution in [0.1, 0.15) is 31.9 Å². The Bertz CT molecular complexity index is 528. The van der Waals surface area contributed by atoms with Crippen LogP contribution in [0.4, 0.5) is 0 Å². The summed E-state index contributed by atoms with van der Waals surface area (Å²) in [5.41, 5.74) is 0.520. The normalized spacial score (nSPS) is 23.1. The zero-order valence-corrected chi connectivity index (χ0v) is 11.3. The molecule has 1 aliphatic heterocycles. The molecule has 0 saturated carbocycles. The number of aliphatic hydroxyl groups excluding tert-OH is 2. The van der Waals surface area contributed by atoms with Gasteiger partial charge in [-0.2, -0.15) is 0 Å². The van der Waals surface area contributed by atoms with E-state index in [1.54, 1.807) is 19.1 Å². The summed E-state index contributed by atoms with van der Waals surface area (Å²) in [6, 6.07) is 7.49. The Morgan fingerprint density at radius 1 is 1.21 bits per heavy atom. The van der Waals surface area contributed by atoms with E-state index in [0.29, 0.717) is 11.5 Å². The van der Waals surface area contributed by atoms with Crippen molar-refractivity contribution in [3.05, 3.63) is 46.9 Å². The van der Waals surface area contributed by atoms with E-state index in [2.05, 4.69) is 13.8 Å². The van der Waals surface area contributed by atoms with Crippen LogP contribution >= 0.6 is 0 Å². The molecule has 102 valence electrons. The number of benzene rings is 1. The van der Waals surface area contributed by atoms with Crippen molar-refractivity contribution in [1.82, 2.24) is 0 Å². The number of carbonyl (C=O) groups excluding carboxylic acids is 1. The minimum Gasteiger partial charge on any atom is -0.505 e. The van der Waals surface area contributed by atoms with Gasteiger partial charge in [-0.25, -0.2) is 4.79 Å². The summed E-state index contributed by atoms with van der Waals surface area (Å²) >= 11 is 0. The van der Waals surface area contributed by atoms with E-state index in [1.165, 1.54) is 5.56 Å². The molecule has 0 aliphatic carbocycles. The van der Waals surface area contributed by atoms with Crippen molar-refractivity contribution in [1.29, 1.82) is 0 Å². The van der Waals surface area contributed by atoms with Crippen LogP contribution in [-0.2, 0) is 21.6 Å². The standard InChI is InChI=1S/C15H18O4/c1-9(2)8-10-4-6-11(7-5-10)15(3)13(17)12(16)14(18)19-15/h4-7,9,16-17H,8H2,1-3H3/t15-/m0/s1. The third-order valence-electron chi connectivity index (χ3n) is 3.32. The Morgan fingerprint density at radius 3 is 2.21 bits per heavy atom. The van der Waals surface area contributed by atoms with E-state index in [9.17, 15) is 15.0 Å². The topological polar surface area (TPSA) is 66.8 Å². The maximum Gasteiger partial charge on any atom is 0.378 e. The SMILES string of the molecule is CC(C)Cc1ccc([C@]2(C)OC(=O)C(O)=C2O)cc1. The number of esters is 1. The number of aliphatic hydroxyl groups is 2. The maximum atomic E-state index is 11.3. The van der Waals surface area contributed by atoms with Crippen LogP contribution in [0.5, 0.6) is 0 Å². The molecule has 4 nitrogen and oxygen atoms in total. The first-order valence-corrected chi connectivity index (χ1v) is 6.30. The van der Waals surface area contributed by atoms with Crippen molar-refractivity contribution >= 4 is 5.97 Å². The van der Waals surface area contributed by atoms with Crippen LogP contribution in [0.3, 0.4) is 0 Å². The Balaban J connectivity index is 2.31. The molecular weight excluding hydrogens is 244 g/mol. The van der Waals surface area contributed by atoms with Gasteiger partial charge in [-0.05, 0) is 24.8 Å². The first-order valence-electron chi connectivity index (χ1n) is 6.30. The summed E-state index contributed by atoms with van der Waals surface area (Å²) in [4.78, 5) is 11.3. The lowest BCUT2D eigenvalue weighted by Gasteiger charge is -2.23. The van der Waals surface area contributed by atoms with Crippen molar-refractivity contribution in [3.8, 4) is 0 Å². The van der Waals surface area contributed by atoms with Gasteiger partial charge in [0.2, 0.25) is 5.76 Å². The lowest BCUT2D eigenvalue weighted by atomic mass is 9.92. The highest BCUT2D eigenvalue weighted by Crippen LogP contribution is 2.38. The monoisotopic (exact) mass is 262 g/mol. The highest BCUT2D eigenvalue weighted by atomic mass is 16.6. The van der Waals surface area contributed by atoms with Gasteiger partial charge in [0.25, 0.3) is 0 Å². The number of ether oxygens (including phenoxy) is 1. The molecule has 2 rings (SSSR count). The lowest BCUT2D eigenvalue weighted by molar-refractivity contribution is -0.149. The average molecular weight is 262 g/mol. The smallest absolute Gasteiger partial charge is 0.378 e. The summed E-state index contributed by atoms with van der Waals surface area (Å²) in [6.45, 7) is 5.84. The van der Waals surface area contributed by atoms with Crippen molar-refractivity contribution in [3.63, 3.8) is 0 Å². The number of carbonyl (C=O) groups is 1. The van der Waals surface area contributed by atoms with Gasteiger partial charge in [-0.15, -0.1) is 0 Å². The van der Waals surface area contributed by atoms with Crippen LogP contribution in [0.2, 0.25) is 0 Å². The zero-order chi connectivity index (χ0) is 14.2. The molecule has 1 atom stereocenters. The van der Waals surface area contributed by atoms with Crippen molar-refractivity contribution < 1.29 is 19.7 Å². The number of hydrogen-bond donors (Lipinski definition) is 2. The van der Waals surface area contributed by atoms with E-state index in [0.717, 1.165) is 6.42 Å². The van der Waals surface area contributed by atoms with Crippen LogP contribution in [0.25, 0.3) is 0 Å². The van der Waals surface area contributed by atoms with E-state index < -0.39 is 23.1 Å². The Labute approximate surface area is 112 Å². The molecule has 0 saturated heterocycles. The summed E-state index contributed by atoms with van der Waals surface area (Å²) in [5.74, 6) is -1.49. The zero-order valence-electron chi connectivity index (χ0n) is 11.3. The van der Waals surface area contributed by atoms with Crippen LogP contribution < -0.4 is 0 Å². The minimum atomic E-state index is -1.29. The Kier molecular flexibility index (Phi) is 3.27. The van der Waals surface area contributed by atoms with Gasteiger partial charge in [0, 0.05) is 5.56 Å². The summed E-state index contributed by atoms with van der Waals surface area (Å²) in [5, 5.41) is 19.2. The predicted molar refractivity (Wildman–Crippen MR) is 70.7 cm³/mol. The van der Waals surface area contributed by atoms with Crippen LogP contribution in [0, 0.1) is 5.92 Å². The van der Waals surface area contributed by atoms with Crippen molar-refractivity contribution in [2.75, 3.05) is 0 Å². The maximum absolute atomic E-state index is 11.3. The van der Waals surface area contributed by atoms with Gasteiger partial charge < -0.3 is 14.9 Å². The quantitative estimate of drug-likeness (QED) is 0.822. The third-order valence-corrected chi connectivity index (χ3v) is 3.32. The van der Waals surface area contributed by atoms with Crippen molar-refractivity contribution in [2.24, 2.45) is 5.92 Å². The number of hydrogen-bond acceptors (Lipinski definition) is 4. The fourth-order valence-electron chi connectivity index (χ4n) is 2.23. The van der Waals surface area contributed by atoms with Crippen molar-refractivity contribution in [2.45, 2.75) is 32.8 Å². The van der Waals surface area contributed by atoms with E-state index in [1.807, 2.05) is 12.1 Å². The second-order valence-electron chi connectivity index (χ2n) is 5.41. The molecule has 1 heterocycles. The molecule has 1 aromatic rings. The largest absolute Gasteiger partial charge is 0.505 e. The highest BCUT2D eigenvalue weighted by molar-refractivity contribution is 5.90. The molecule has 0 bridgehead atoms. The molecule has 0 unspecified atom stereocenters. The number of rotatable bonds is 3. The second-order valence-corrected chi connectivity index (χ2v) is 5.41. The Morgan fingerprint density at radius 2 is 1.79 bits per heavy atom. The second kappa shape index (κ2) is 4.61. The van der Waals surface area contributed by atoms with E-state index in [-0.39, 0.29) is 0 Å². The van der Waals surface area contributed by atoms with Crippen LogP contribution in [0.15, 0.2) is 35.8 Å². The molecule has 0 aromatic heterocycles. The average Bonchev–Trinajstić information content (AvgIpc) is 2.54. The Hall–Kier alpha value is -1.97. The molecule has 19 heavy (non-hydrogen) atoms. The molecule has 2 N–H and O–H groups in total. The van der Waals surface area contributed by atoms with Gasteiger partial charge in [-0.3, -0.25) is 0 Å². The summed E-state index contributed by atoms with van der Waals surface area (Å²) in [6.07, 6.45) is 0.962. The fraction of sp³-hybridized carbons (Fsp3) is 0.400. The fourth-order valence-corrected chi connectivity index (χ4v) is 2.23.